The number of nitrogens with one attached hydrogen (secondary N) is 1. The average molecular weight is 301 g/mol. The van der Waals surface area contributed by atoms with E-state index < -0.39 is 0 Å². The summed E-state index contributed by atoms with van der Waals surface area (Å²) in [5.41, 5.74) is 8.16. The van der Waals surface area contributed by atoms with Gasteiger partial charge in [-0.05, 0) is 56.1 Å². The van der Waals surface area contributed by atoms with Gasteiger partial charge in [-0.15, -0.1) is 11.3 Å². The van der Waals surface area contributed by atoms with Crippen LogP contribution in [0.1, 0.15) is 23.3 Å². The topological polar surface area (TPSA) is 60.2 Å². The third-order valence-electron chi connectivity index (χ3n) is 4.41. The van der Waals surface area contributed by atoms with Crippen LogP contribution in [0.25, 0.3) is 10.6 Å². The molecule has 4 rings (SSSR count). The van der Waals surface area contributed by atoms with Crippen molar-refractivity contribution in [3.63, 3.8) is 0 Å². The van der Waals surface area contributed by atoms with Gasteiger partial charge in [0, 0.05) is 4.88 Å². The number of nitrogens with two attached hydrogens (primary N) is 1. The fraction of sp³-hybridized carbons (Fsp3) is 0.438. The fourth-order valence-corrected chi connectivity index (χ4v) is 4.72. The first-order valence-corrected chi connectivity index (χ1v) is 8.29. The predicted octanol–water partition coefficient (Wildman–Crippen LogP) is 2.54. The Bertz CT molecular complexity index is 661. The largest absolute Gasteiger partial charge is 0.384 e. The molecular weight excluding hydrogens is 282 g/mol. The van der Waals surface area contributed by atoms with Gasteiger partial charge < -0.3 is 15.8 Å². The highest BCUT2D eigenvalue weighted by Gasteiger charge is 2.40. The van der Waals surface area contributed by atoms with Gasteiger partial charge in [0.2, 0.25) is 0 Å². The number of hydrogen-bond acceptors (Lipinski definition) is 5. The molecule has 4 heterocycles. The van der Waals surface area contributed by atoms with Gasteiger partial charge in [0.15, 0.2) is 0 Å². The second-order valence-corrected chi connectivity index (χ2v) is 6.81. The van der Waals surface area contributed by atoms with Crippen LogP contribution in [0.15, 0.2) is 24.3 Å². The Morgan fingerprint density at radius 3 is 2.95 bits per heavy atom. The van der Waals surface area contributed by atoms with Crippen molar-refractivity contribution in [3.8, 4) is 10.6 Å². The van der Waals surface area contributed by atoms with E-state index in [1.54, 1.807) is 0 Å². The van der Waals surface area contributed by atoms with Crippen molar-refractivity contribution in [1.29, 1.82) is 0 Å². The molecule has 2 aliphatic rings. The SMILES string of the molecule is Nc1cccc(-c2cc3c(s2)C2(CCNCC2)OCC3)n1. The van der Waals surface area contributed by atoms with Crippen molar-refractivity contribution in [3.05, 3.63) is 34.7 Å². The Morgan fingerprint density at radius 1 is 1.29 bits per heavy atom. The fourth-order valence-electron chi connectivity index (χ4n) is 3.34. The van der Waals surface area contributed by atoms with E-state index in [0.717, 1.165) is 44.7 Å². The maximum absolute atomic E-state index is 6.23. The molecule has 2 aromatic heterocycles. The molecule has 2 aromatic rings. The molecule has 0 radical (unpaired) electrons. The minimum atomic E-state index is -0.0674. The molecule has 0 aliphatic carbocycles. The van der Waals surface area contributed by atoms with Gasteiger partial charge in [0.25, 0.3) is 0 Å². The molecule has 0 bridgehead atoms. The second-order valence-electron chi connectivity index (χ2n) is 5.76. The first-order chi connectivity index (χ1) is 10.3. The van der Waals surface area contributed by atoms with Gasteiger partial charge in [-0.2, -0.15) is 0 Å². The third kappa shape index (κ3) is 2.25. The van der Waals surface area contributed by atoms with Gasteiger partial charge in [0.1, 0.15) is 11.4 Å². The van der Waals surface area contributed by atoms with E-state index in [-0.39, 0.29) is 5.60 Å². The molecular formula is C16H19N3OS. The van der Waals surface area contributed by atoms with E-state index in [1.165, 1.54) is 15.3 Å². The number of rotatable bonds is 1. The third-order valence-corrected chi connectivity index (χ3v) is 5.79. The highest BCUT2D eigenvalue weighted by Crippen LogP contribution is 2.46. The molecule has 4 nitrogen and oxygen atoms in total. The Balaban J connectivity index is 1.77. The second kappa shape index (κ2) is 5.09. The van der Waals surface area contributed by atoms with E-state index in [4.69, 9.17) is 10.5 Å². The highest BCUT2D eigenvalue weighted by molar-refractivity contribution is 7.15. The van der Waals surface area contributed by atoms with Gasteiger partial charge in [-0.1, -0.05) is 6.07 Å². The highest BCUT2D eigenvalue weighted by atomic mass is 32.1. The zero-order valence-electron chi connectivity index (χ0n) is 11.9. The summed E-state index contributed by atoms with van der Waals surface area (Å²) in [7, 11) is 0. The number of nitrogen functional groups attached to an aromatic ring is 1. The predicted molar refractivity (Wildman–Crippen MR) is 85.4 cm³/mol. The minimum absolute atomic E-state index is 0.0674. The summed E-state index contributed by atoms with van der Waals surface area (Å²) in [6.45, 7) is 2.89. The number of ether oxygens (including phenoxy) is 1. The van der Waals surface area contributed by atoms with E-state index in [1.807, 2.05) is 29.5 Å². The number of piperidine rings is 1. The molecule has 0 aromatic carbocycles. The molecule has 0 amide bonds. The van der Waals surface area contributed by atoms with Crippen LogP contribution in [0, 0.1) is 0 Å². The van der Waals surface area contributed by atoms with Crippen LogP contribution in [-0.4, -0.2) is 24.7 Å². The number of anilines is 1. The van der Waals surface area contributed by atoms with Crippen LogP contribution in [0.2, 0.25) is 0 Å². The van der Waals surface area contributed by atoms with Crippen LogP contribution in [0.4, 0.5) is 5.82 Å². The minimum Gasteiger partial charge on any atom is -0.384 e. The smallest absolute Gasteiger partial charge is 0.124 e. The van der Waals surface area contributed by atoms with Crippen molar-refractivity contribution in [2.45, 2.75) is 24.9 Å². The zero-order chi connectivity index (χ0) is 14.3. The molecule has 1 saturated heterocycles. The summed E-state index contributed by atoms with van der Waals surface area (Å²) in [5.74, 6) is 0.576. The van der Waals surface area contributed by atoms with Crippen LogP contribution in [-0.2, 0) is 16.8 Å². The molecule has 2 aliphatic heterocycles. The molecule has 1 fully saturated rings. The number of fused-ring (bicyclic) bond motifs is 2. The molecule has 0 saturated carbocycles. The molecule has 0 unspecified atom stereocenters. The van der Waals surface area contributed by atoms with E-state index >= 15 is 0 Å². The maximum Gasteiger partial charge on any atom is 0.124 e. The van der Waals surface area contributed by atoms with Crippen molar-refractivity contribution >= 4 is 17.2 Å². The lowest BCUT2D eigenvalue weighted by atomic mass is 9.86. The van der Waals surface area contributed by atoms with Crippen molar-refractivity contribution in [1.82, 2.24) is 10.3 Å². The molecule has 110 valence electrons. The summed E-state index contributed by atoms with van der Waals surface area (Å²) in [4.78, 5) is 7.07. The number of pyridine rings is 1. The van der Waals surface area contributed by atoms with E-state index in [0.29, 0.717) is 5.82 Å². The molecule has 21 heavy (non-hydrogen) atoms. The Morgan fingerprint density at radius 2 is 2.14 bits per heavy atom. The number of hydrogen-bond donors (Lipinski definition) is 2. The zero-order valence-corrected chi connectivity index (χ0v) is 12.7. The summed E-state index contributed by atoms with van der Waals surface area (Å²) in [6.07, 6.45) is 3.12. The molecule has 0 atom stereocenters. The molecule has 5 heteroatoms. The lowest BCUT2D eigenvalue weighted by molar-refractivity contribution is -0.0771. The van der Waals surface area contributed by atoms with Gasteiger partial charge >= 0.3 is 0 Å². The van der Waals surface area contributed by atoms with E-state index in [2.05, 4.69) is 16.4 Å². The molecule has 1 spiro atoms. The number of nitrogens with zero attached hydrogens (tertiary/aromatic N) is 1. The van der Waals surface area contributed by atoms with Gasteiger partial charge in [-0.3, -0.25) is 0 Å². The summed E-state index contributed by atoms with van der Waals surface area (Å²) < 4.78 is 6.23. The van der Waals surface area contributed by atoms with E-state index in [9.17, 15) is 0 Å². The first-order valence-electron chi connectivity index (χ1n) is 7.48. The Labute approximate surface area is 128 Å². The van der Waals surface area contributed by atoms with Crippen LogP contribution in [0.3, 0.4) is 0 Å². The Kier molecular flexibility index (Phi) is 3.21. The lowest BCUT2D eigenvalue weighted by Gasteiger charge is -2.40. The maximum atomic E-state index is 6.23. The Hall–Kier alpha value is -1.43. The summed E-state index contributed by atoms with van der Waals surface area (Å²) >= 11 is 1.83. The van der Waals surface area contributed by atoms with Crippen molar-refractivity contribution in [2.75, 3.05) is 25.4 Å². The van der Waals surface area contributed by atoms with Crippen LogP contribution < -0.4 is 11.1 Å². The summed E-state index contributed by atoms with van der Waals surface area (Å²) in [6, 6.07) is 8.11. The van der Waals surface area contributed by atoms with Gasteiger partial charge in [0.05, 0.1) is 17.2 Å². The number of aromatic nitrogens is 1. The quantitative estimate of drug-likeness (QED) is 0.850. The van der Waals surface area contributed by atoms with Gasteiger partial charge in [-0.25, -0.2) is 4.98 Å². The average Bonchev–Trinajstić information content (AvgIpc) is 2.94. The van der Waals surface area contributed by atoms with Crippen LogP contribution >= 0.6 is 11.3 Å². The van der Waals surface area contributed by atoms with Crippen molar-refractivity contribution < 1.29 is 4.74 Å². The first kappa shape index (κ1) is 13.2. The standard InChI is InChI=1S/C16H19N3OS/c17-14-3-1-2-12(19-14)13-10-11-4-9-20-16(15(11)21-13)5-7-18-8-6-16/h1-3,10,18H,4-9H2,(H2,17,19). The lowest BCUT2D eigenvalue weighted by Crippen LogP contribution is -2.43. The molecule has 3 N–H and O–H groups in total. The van der Waals surface area contributed by atoms with Crippen LogP contribution in [0.5, 0.6) is 0 Å². The normalized spacial score (nSPS) is 20.4. The summed E-state index contributed by atoms with van der Waals surface area (Å²) in [5, 5.41) is 3.43. The van der Waals surface area contributed by atoms with Crippen molar-refractivity contribution in [2.24, 2.45) is 0 Å². The monoisotopic (exact) mass is 301 g/mol. The number of thiophene rings is 1.